The zero-order valence-electron chi connectivity index (χ0n) is 14.7. The van der Waals surface area contributed by atoms with E-state index in [1.807, 2.05) is 0 Å². The van der Waals surface area contributed by atoms with E-state index in [1.54, 1.807) is 35.8 Å². The third kappa shape index (κ3) is 3.31. The second-order valence-electron chi connectivity index (χ2n) is 6.57. The molecule has 6 heteroatoms. The van der Waals surface area contributed by atoms with Crippen molar-refractivity contribution in [3.63, 3.8) is 0 Å². The third-order valence-electron chi connectivity index (χ3n) is 4.72. The molecular formula is C20H20F2N2O2. The van der Waals surface area contributed by atoms with Crippen LogP contribution in [0.25, 0.3) is 0 Å². The molecule has 1 heterocycles. The SMILES string of the molecule is C[C@@H]1CN(C(=O)c2ccccc2F)[C@H](C)CN1C(=O)c1ccccc1F. The second-order valence-corrected chi connectivity index (χ2v) is 6.57. The van der Waals surface area contributed by atoms with Gasteiger partial charge in [0.1, 0.15) is 11.6 Å². The van der Waals surface area contributed by atoms with Crippen molar-refractivity contribution in [2.75, 3.05) is 13.1 Å². The van der Waals surface area contributed by atoms with Gasteiger partial charge in [-0.25, -0.2) is 8.78 Å². The maximum atomic E-state index is 13.9. The maximum Gasteiger partial charge on any atom is 0.257 e. The smallest absolute Gasteiger partial charge is 0.257 e. The van der Waals surface area contributed by atoms with Crippen LogP contribution in [0.15, 0.2) is 48.5 Å². The minimum Gasteiger partial charge on any atom is -0.332 e. The molecular weight excluding hydrogens is 338 g/mol. The predicted molar refractivity (Wildman–Crippen MR) is 93.8 cm³/mol. The summed E-state index contributed by atoms with van der Waals surface area (Å²) < 4.78 is 27.9. The molecule has 0 aliphatic carbocycles. The van der Waals surface area contributed by atoms with Crippen LogP contribution in [0.4, 0.5) is 8.78 Å². The Bertz CT molecular complexity index is 771. The number of nitrogens with zero attached hydrogens (tertiary/aromatic N) is 2. The molecule has 0 saturated carbocycles. The lowest BCUT2D eigenvalue weighted by Gasteiger charge is -2.44. The van der Waals surface area contributed by atoms with E-state index in [0.717, 1.165) is 0 Å². The van der Waals surface area contributed by atoms with Crippen LogP contribution in [-0.4, -0.2) is 46.8 Å². The highest BCUT2D eigenvalue weighted by atomic mass is 19.1. The summed E-state index contributed by atoms with van der Waals surface area (Å²) in [5.74, 6) is -1.94. The van der Waals surface area contributed by atoms with Gasteiger partial charge in [-0.15, -0.1) is 0 Å². The van der Waals surface area contributed by atoms with Crippen molar-refractivity contribution < 1.29 is 18.4 Å². The fourth-order valence-corrected chi connectivity index (χ4v) is 3.27. The molecule has 1 fully saturated rings. The van der Waals surface area contributed by atoms with Crippen LogP contribution in [0.2, 0.25) is 0 Å². The summed E-state index contributed by atoms with van der Waals surface area (Å²) in [4.78, 5) is 28.5. The molecule has 0 N–H and O–H groups in total. The van der Waals surface area contributed by atoms with Gasteiger partial charge >= 0.3 is 0 Å². The normalized spacial score (nSPS) is 20.2. The quantitative estimate of drug-likeness (QED) is 0.826. The molecule has 0 radical (unpaired) electrons. The number of carbonyl (C=O) groups excluding carboxylic acids is 2. The van der Waals surface area contributed by atoms with Gasteiger partial charge in [-0.05, 0) is 38.1 Å². The molecule has 26 heavy (non-hydrogen) atoms. The minimum absolute atomic E-state index is 0.0143. The standard InChI is InChI=1S/C20H20F2N2O2/c1-13-11-24(20(26)16-8-4-6-10-18(16)22)14(2)12-23(13)19(25)15-7-3-5-9-17(15)21/h3-10,13-14H,11-12H2,1-2H3/t13-,14-/m1/s1. The number of amides is 2. The lowest BCUT2D eigenvalue weighted by atomic mass is 10.0. The Kier molecular flexibility index (Phi) is 5.02. The van der Waals surface area contributed by atoms with Crippen LogP contribution in [0, 0.1) is 11.6 Å². The fourth-order valence-electron chi connectivity index (χ4n) is 3.27. The maximum absolute atomic E-state index is 13.9. The van der Waals surface area contributed by atoms with Crippen molar-refractivity contribution in [2.24, 2.45) is 0 Å². The molecule has 2 aromatic carbocycles. The molecule has 136 valence electrons. The molecule has 0 aromatic heterocycles. The van der Waals surface area contributed by atoms with Crippen molar-refractivity contribution in [1.82, 2.24) is 9.80 Å². The van der Waals surface area contributed by atoms with Gasteiger partial charge in [-0.3, -0.25) is 9.59 Å². The Morgan fingerprint density at radius 1 is 0.769 bits per heavy atom. The van der Waals surface area contributed by atoms with Gasteiger partial charge in [-0.2, -0.15) is 0 Å². The van der Waals surface area contributed by atoms with Crippen molar-refractivity contribution >= 4 is 11.8 Å². The molecule has 2 aromatic rings. The highest BCUT2D eigenvalue weighted by Crippen LogP contribution is 2.22. The molecule has 0 spiro atoms. The van der Waals surface area contributed by atoms with Crippen molar-refractivity contribution in [3.05, 3.63) is 71.3 Å². The summed E-state index contributed by atoms with van der Waals surface area (Å²) in [6.07, 6.45) is 0. The van der Waals surface area contributed by atoms with Gasteiger partial charge < -0.3 is 9.80 Å². The topological polar surface area (TPSA) is 40.6 Å². The molecule has 0 unspecified atom stereocenters. The fraction of sp³-hybridized carbons (Fsp3) is 0.300. The summed E-state index contributed by atoms with van der Waals surface area (Å²) in [5, 5.41) is 0. The van der Waals surface area contributed by atoms with Crippen LogP contribution in [0.1, 0.15) is 34.6 Å². The third-order valence-corrected chi connectivity index (χ3v) is 4.72. The molecule has 0 bridgehead atoms. The Balaban J connectivity index is 1.79. The Labute approximate surface area is 151 Å². The lowest BCUT2D eigenvalue weighted by Crippen LogP contribution is -2.59. The summed E-state index contributed by atoms with van der Waals surface area (Å²) in [5.41, 5.74) is 0.0286. The Morgan fingerprint density at radius 2 is 1.12 bits per heavy atom. The highest BCUT2D eigenvalue weighted by molar-refractivity contribution is 5.96. The van der Waals surface area contributed by atoms with Gasteiger partial charge in [0, 0.05) is 25.2 Å². The Hall–Kier alpha value is -2.76. The summed E-state index contributed by atoms with van der Waals surface area (Å²) in [6, 6.07) is 11.1. The summed E-state index contributed by atoms with van der Waals surface area (Å²) in [6.45, 7) is 4.11. The average Bonchev–Trinajstić information content (AvgIpc) is 2.63. The lowest BCUT2D eigenvalue weighted by molar-refractivity contribution is 0.0265. The average molecular weight is 358 g/mol. The van der Waals surface area contributed by atoms with Crippen LogP contribution >= 0.6 is 0 Å². The van der Waals surface area contributed by atoms with Crippen molar-refractivity contribution in [1.29, 1.82) is 0 Å². The molecule has 4 nitrogen and oxygen atoms in total. The molecule has 1 saturated heterocycles. The number of rotatable bonds is 2. The zero-order chi connectivity index (χ0) is 18.8. The van der Waals surface area contributed by atoms with Crippen LogP contribution in [0.3, 0.4) is 0 Å². The molecule has 2 atom stereocenters. The van der Waals surface area contributed by atoms with Crippen LogP contribution < -0.4 is 0 Å². The first kappa shape index (κ1) is 18.0. The van der Waals surface area contributed by atoms with E-state index < -0.39 is 23.4 Å². The summed E-state index contributed by atoms with van der Waals surface area (Å²) in [7, 11) is 0. The van der Waals surface area contributed by atoms with Gasteiger partial charge in [0.2, 0.25) is 0 Å². The van der Waals surface area contributed by atoms with Crippen molar-refractivity contribution in [3.8, 4) is 0 Å². The predicted octanol–water partition coefficient (Wildman–Crippen LogP) is 3.34. The number of carbonyl (C=O) groups is 2. The van der Waals surface area contributed by atoms with Gasteiger partial charge in [0.15, 0.2) is 0 Å². The van der Waals surface area contributed by atoms with E-state index in [4.69, 9.17) is 0 Å². The van der Waals surface area contributed by atoms with E-state index >= 15 is 0 Å². The monoisotopic (exact) mass is 358 g/mol. The number of hydrogen-bond donors (Lipinski definition) is 0. The number of hydrogen-bond acceptors (Lipinski definition) is 2. The van der Waals surface area contributed by atoms with Crippen molar-refractivity contribution in [2.45, 2.75) is 25.9 Å². The van der Waals surface area contributed by atoms with E-state index in [1.165, 1.54) is 36.4 Å². The molecule has 1 aliphatic rings. The van der Waals surface area contributed by atoms with Gasteiger partial charge in [-0.1, -0.05) is 24.3 Å². The van der Waals surface area contributed by atoms with E-state index in [9.17, 15) is 18.4 Å². The first-order valence-electron chi connectivity index (χ1n) is 8.51. The molecule has 3 rings (SSSR count). The summed E-state index contributed by atoms with van der Waals surface area (Å²) >= 11 is 0. The second kappa shape index (κ2) is 7.23. The number of piperazine rings is 1. The van der Waals surface area contributed by atoms with Gasteiger partial charge in [0.25, 0.3) is 11.8 Å². The highest BCUT2D eigenvalue weighted by Gasteiger charge is 2.36. The van der Waals surface area contributed by atoms with E-state index in [-0.39, 0.29) is 36.3 Å². The number of benzene rings is 2. The largest absolute Gasteiger partial charge is 0.332 e. The Morgan fingerprint density at radius 3 is 1.46 bits per heavy atom. The van der Waals surface area contributed by atoms with E-state index in [0.29, 0.717) is 0 Å². The first-order valence-corrected chi connectivity index (χ1v) is 8.51. The molecule has 1 aliphatic heterocycles. The zero-order valence-corrected chi connectivity index (χ0v) is 14.7. The van der Waals surface area contributed by atoms with Crippen LogP contribution in [-0.2, 0) is 0 Å². The van der Waals surface area contributed by atoms with E-state index in [2.05, 4.69) is 0 Å². The first-order chi connectivity index (χ1) is 12.4. The molecule has 2 amide bonds. The van der Waals surface area contributed by atoms with Gasteiger partial charge in [0.05, 0.1) is 11.1 Å². The number of halogens is 2. The van der Waals surface area contributed by atoms with Crippen LogP contribution in [0.5, 0.6) is 0 Å². The minimum atomic E-state index is -0.567.